The van der Waals surface area contributed by atoms with E-state index in [9.17, 15) is 9.90 Å². The van der Waals surface area contributed by atoms with Crippen molar-refractivity contribution in [2.24, 2.45) is 0 Å². The minimum absolute atomic E-state index is 0.0718. The van der Waals surface area contributed by atoms with Gasteiger partial charge in [0.2, 0.25) is 0 Å². The first-order valence-corrected chi connectivity index (χ1v) is 8.16. The fraction of sp³-hybridized carbons (Fsp3) is 0.533. The average molecular weight is 320 g/mol. The zero-order valence-corrected chi connectivity index (χ0v) is 13.7. The molecule has 0 radical (unpaired) electrons. The average Bonchev–Trinajstić information content (AvgIpc) is 2.76. The van der Waals surface area contributed by atoms with E-state index < -0.39 is 6.09 Å². The van der Waals surface area contributed by atoms with Crippen LogP contribution < -0.4 is 5.32 Å². The predicted octanol–water partition coefficient (Wildman–Crippen LogP) is 3.41. The van der Waals surface area contributed by atoms with Gasteiger partial charge in [-0.3, -0.25) is 0 Å². The molecule has 1 amide bonds. The molecule has 2 aromatic heterocycles. The van der Waals surface area contributed by atoms with Crippen LogP contribution in [0.2, 0.25) is 0 Å². The Balaban J connectivity index is 1.62. The molecule has 0 saturated heterocycles. The van der Waals surface area contributed by atoms with Gasteiger partial charge in [-0.05, 0) is 45.7 Å². The van der Waals surface area contributed by atoms with Gasteiger partial charge in [-0.2, -0.15) is 0 Å². The summed E-state index contributed by atoms with van der Waals surface area (Å²) in [6, 6.07) is 4.16. The number of carboxylic acid groups (broad SMARTS) is 1. The van der Waals surface area contributed by atoms with Crippen LogP contribution in [-0.2, 0) is 0 Å². The van der Waals surface area contributed by atoms with E-state index in [-0.39, 0.29) is 17.6 Å². The molecule has 0 atom stereocenters. The van der Waals surface area contributed by atoms with Crippen LogP contribution in [0, 0.1) is 0 Å². The molecular formula is C15H20N4O2S. The van der Waals surface area contributed by atoms with Crippen LogP contribution in [0.1, 0.15) is 33.6 Å². The first-order chi connectivity index (χ1) is 10.3. The van der Waals surface area contributed by atoms with E-state index in [0.717, 1.165) is 28.3 Å². The zero-order chi connectivity index (χ0) is 15.9. The molecule has 7 heteroatoms. The van der Waals surface area contributed by atoms with Crippen LogP contribution in [-0.4, -0.2) is 43.7 Å². The number of pyridine rings is 1. The molecule has 22 heavy (non-hydrogen) atoms. The summed E-state index contributed by atoms with van der Waals surface area (Å²) >= 11 is 1.53. The Kier molecular flexibility index (Phi) is 3.68. The van der Waals surface area contributed by atoms with Crippen LogP contribution in [0.15, 0.2) is 18.3 Å². The SMILES string of the molecule is CC(C)(C)N(C(=O)O)[C@H]1C[C@H](Nc2nc3cccnc3s2)C1. The fourth-order valence-corrected chi connectivity index (χ4v) is 3.80. The Morgan fingerprint density at radius 2 is 2.18 bits per heavy atom. The second kappa shape index (κ2) is 5.39. The summed E-state index contributed by atoms with van der Waals surface area (Å²) in [5, 5.41) is 13.6. The predicted molar refractivity (Wildman–Crippen MR) is 87.5 cm³/mol. The highest BCUT2D eigenvalue weighted by Crippen LogP contribution is 2.34. The molecule has 2 N–H and O–H groups in total. The van der Waals surface area contributed by atoms with E-state index in [1.54, 1.807) is 11.1 Å². The minimum Gasteiger partial charge on any atom is -0.465 e. The highest BCUT2D eigenvalue weighted by molar-refractivity contribution is 7.21. The van der Waals surface area contributed by atoms with Crippen molar-refractivity contribution in [2.45, 2.75) is 51.2 Å². The van der Waals surface area contributed by atoms with Gasteiger partial charge >= 0.3 is 6.09 Å². The van der Waals surface area contributed by atoms with E-state index in [1.165, 1.54) is 11.3 Å². The van der Waals surface area contributed by atoms with Gasteiger partial charge in [0.05, 0.1) is 0 Å². The largest absolute Gasteiger partial charge is 0.465 e. The molecule has 0 aromatic carbocycles. The quantitative estimate of drug-likeness (QED) is 0.906. The molecule has 2 heterocycles. The molecular weight excluding hydrogens is 300 g/mol. The standard InChI is InChI=1S/C15H20N4O2S/c1-15(2,3)19(14(20)21)10-7-9(8-10)17-13-18-11-5-4-6-16-12(11)22-13/h4-6,9-10H,7-8H2,1-3H3,(H,17,18)(H,20,21)/t9-,10-. The summed E-state index contributed by atoms with van der Waals surface area (Å²) in [7, 11) is 0. The lowest BCUT2D eigenvalue weighted by atomic mass is 9.83. The summed E-state index contributed by atoms with van der Waals surface area (Å²) in [5.74, 6) is 0. The molecule has 1 aliphatic rings. The first-order valence-electron chi connectivity index (χ1n) is 7.35. The molecule has 2 aromatic rings. The van der Waals surface area contributed by atoms with Crippen LogP contribution >= 0.6 is 11.3 Å². The number of thiazole rings is 1. The Hall–Kier alpha value is -1.89. The van der Waals surface area contributed by atoms with E-state index in [4.69, 9.17) is 0 Å². The third-order valence-corrected chi connectivity index (χ3v) is 4.81. The fourth-order valence-electron chi connectivity index (χ4n) is 2.91. The highest BCUT2D eigenvalue weighted by atomic mass is 32.1. The highest BCUT2D eigenvalue weighted by Gasteiger charge is 2.41. The maximum Gasteiger partial charge on any atom is 0.407 e. The monoisotopic (exact) mass is 320 g/mol. The summed E-state index contributed by atoms with van der Waals surface area (Å²) in [6.07, 6.45) is 2.54. The van der Waals surface area contributed by atoms with Crippen molar-refractivity contribution in [3.05, 3.63) is 18.3 Å². The lowest BCUT2D eigenvalue weighted by molar-refractivity contribution is 0.0379. The molecule has 1 aliphatic carbocycles. The number of nitrogens with zero attached hydrogens (tertiary/aromatic N) is 3. The van der Waals surface area contributed by atoms with Crippen molar-refractivity contribution in [1.82, 2.24) is 14.9 Å². The van der Waals surface area contributed by atoms with Crippen molar-refractivity contribution >= 4 is 32.9 Å². The summed E-state index contributed by atoms with van der Waals surface area (Å²) < 4.78 is 0. The third kappa shape index (κ3) is 2.85. The molecule has 1 saturated carbocycles. The van der Waals surface area contributed by atoms with Crippen molar-refractivity contribution < 1.29 is 9.90 Å². The van der Waals surface area contributed by atoms with Gasteiger partial charge in [-0.1, -0.05) is 11.3 Å². The molecule has 3 rings (SSSR count). The van der Waals surface area contributed by atoms with E-state index in [0.29, 0.717) is 0 Å². The molecule has 1 fully saturated rings. The molecule has 118 valence electrons. The van der Waals surface area contributed by atoms with E-state index in [2.05, 4.69) is 15.3 Å². The van der Waals surface area contributed by atoms with Crippen molar-refractivity contribution in [3.8, 4) is 0 Å². The van der Waals surface area contributed by atoms with Gasteiger partial charge in [-0.15, -0.1) is 0 Å². The number of carbonyl (C=O) groups is 1. The number of amides is 1. The van der Waals surface area contributed by atoms with Crippen molar-refractivity contribution in [3.63, 3.8) is 0 Å². The second-order valence-corrected chi connectivity index (χ2v) is 7.61. The Bertz CT molecular complexity index is 655. The van der Waals surface area contributed by atoms with Gasteiger partial charge in [0.25, 0.3) is 0 Å². The van der Waals surface area contributed by atoms with Crippen molar-refractivity contribution in [1.29, 1.82) is 0 Å². The molecule has 0 bridgehead atoms. The van der Waals surface area contributed by atoms with Gasteiger partial charge < -0.3 is 15.3 Å². The number of hydrogen-bond acceptors (Lipinski definition) is 5. The second-order valence-electron chi connectivity index (χ2n) is 6.64. The van der Waals surface area contributed by atoms with Crippen LogP contribution in [0.4, 0.5) is 9.93 Å². The minimum atomic E-state index is -0.847. The molecule has 0 unspecified atom stereocenters. The van der Waals surface area contributed by atoms with Gasteiger partial charge in [-0.25, -0.2) is 14.8 Å². The third-order valence-electron chi connectivity index (χ3n) is 3.90. The van der Waals surface area contributed by atoms with Crippen molar-refractivity contribution in [2.75, 3.05) is 5.32 Å². The Labute approximate surface area is 133 Å². The normalized spacial score (nSPS) is 21.4. The van der Waals surface area contributed by atoms with Gasteiger partial charge in [0, 0.05) is 23.8 Å². The Morgan fingerprint density at radius 3 is 2.77 bits per heavy atom. The maximum atomic E-state index is 11.4. The van der Waals surface area contributed by atoms with Crippen LogP contribution in [0.3, 0.4) is 0 Å². The lowest BCUT2D eigenvalue weighted by Crippen LogP contribution is -2.58. The van der Waals surface area contributed by atoms with E-state index in [1.807, 2.05) is 32.9 Å². The number of aromatic nitrogens is 2. The lowest BCUT2D eigenvalue weighted by Gasteiger charge is -2.47. The number of nitrogens with one attached hydrogen (secondary N) is 1. The van der Waals surface area contributed by atoms with E-state index >= 15 is 0 Å². The summed E-state index contributed by atoms with van der Waals surface area (Å²) in [4.78, 5) is 22.7. The van der Waals surface area contributed by atoms with Crippen LogP contribution in [0.5, 0.6) is 0 Å². The topological polar surface area (TPSA) is 78.4 Å². The molecule has 6 nitrogen and oxygen atoms in total. The summed E-state index contributed by atoms with van der Waals surface area (Å²) in [6.45, 7) is 5.79. The molecule has 0 spiro atoms. The van der Waals surface area contributed by atoms with Gasteiger partial charge in [0.15, 0.2) is 5.13 Å². The molecule has 0 aliphatic heterocycles. The maximum absolute atomic E-state index is 11.4. The number of fused-ring (bicyclic) bond motifs is 1. The van der Waals surface area contributed by atoms with Gasteiger partial charge in [0.1, 0.15) is 10.3 Å². The number of hydrogen-bond donors (Lipinski definition) is 2. The smallest absolute Gasteiger partial charge is 0.407 e. The summed E-state index contributed by atoms with van der Waals surface area (Å²) in [5.41, 5.74) is 0.522. The Morgan fingerprint density at radius 1 is 1.45 bits per heavy atom. The first kappa shape index (κ1) is 15.0. The van der Waals surface area contributed by atoms with Crippen LogP contribution in [0.25, 0.3) is 10.3 Å². The number of anilines is 1. The number of rotatable bonds is 3. The zero-order valence-electron chi connectivity index (χ0n) is 12.9.